The lowest BCUT2D eigenvalue weighted by Gasteiger charge is -2.24. The number of hydrogen-bond donors (Lipinski definition) is 2. The second kappa shape index (κ2) is 7.38. The molecule has 1 aromatic carbocycles. The summed E-state index contributed by atoms with van der Waals surface area (Å²) in [6.07, 6.45) is 1.44. The Bertz CT molecular complexity index is 532. The molecule has 0 unspecified atom stereocenters. The molecule has 116 valence electrons. The highest BCUT2D eigenvalue weighted by atomic mass is 35.5. The number of benzene rings is 1. The van der Waals surface area contributed by atoms with Crippen LogP contribution >= 0.6 is 11.6 Å². The van der Waals surface area contributed by atoms with E-state index in [0.29, 0.717) is 13.0 Å². The van der Waals surface area contributed by atoms with Gasteiger partial charge < -0.3 is 10.4 Å². The quantitative estimate of drug-likeness (QED) is 0.598. The smallest absolute Gasteiger partial charge is 0.270 e. The van der Waals surface area contributed by atoms with E-state index in [1.807, 2.05) is 13.8 Å². The van der Waals surface area contributed by atoms with E-state index in [1.54, 1.807) is 0 Å². The van der Waals surface area contributed by atoms with Gasteiger partial charge in [0.05, 0.1) is 15.5 Å². The average molecular weight is 315 g/mol. The number of halogens is 1. The monoisotopic (exact) mass is 314 g/mol. The van der Waals surface area contributed by atoms with Crippen molar-refractivity contribution in [3.05, 3.63) is 38.9 Å². The van der Waals surface area contributed by atoms with Crippen molar-refractivity contribution >= 4 is 23.2 Å². The molecule has 7 heteroatoms. The van der Waals surface area contributed by atoms with E-state index < -0.39 is 4.92 Å². The molecule has 0 aromatic heterocycles. The van der Waals surface area contributed by atoms with Crippen molar-refractivity contribution in [1.29, 1.82) is 0 Å². The Morgan fingerprint density at radius 2 is 2.14 bits per heavy atom. The van der Waals surface area contributed by atoms with Gasteiger partial charge in [-0.25, -0.2) is 0 Å². The van der Waals surface area contributed by atoms with Crippen molar-refractivity contribution in [1.82, 2.24) is 5.32 Å². The molecule has 21 heavy (non-hydrogen) atoms. The Balaban J connectivity index is 2.70. The Morgan fingerprint density at radius 1 is 1.48 bits per heavy atom. The minimum Gasteiger partial charge on any atom is -0.396 e. The Labute approximate surface area is 128 Å². The van der Waals surface area contributed by atoms with Crippen LogP contribution in [0.5, 0.6) is 0 Å². The van der Waals surface area contributed by atoms with Crippen LogP contribution < -0.4 is 5.32 Å². The fourth-order valence-corrected chi connectivity index (χ4v) is 2.12. The van der Waals surface area contributed by atoms with E-state index >= 15 is 0 Å². The predicted molar refractivity (Wildman–Crippen MR) is 80.5 cm³/mol. The van der Waals surface area contributed by atoms with Gasteiger partial charge in [-0.3, -0.25) is 14.9 Å². The Hall–Kier alpha value is -1.66. The maximum Gasteiger partial charge on any atom is 0.270 e. The van der Waals surface area contributed by atoms with Gasteiger partial charge >= 0.3 is 0 Å². The molecule has 0 aliphatic rings. The van der Waals surface area contributed by atoms with Gasteiger partial charge in [0.15, 0.2) is 0 Å². The standard InChI is InChI=1S/C14H19ClN2O4/c1-14(2,6-3-7-18)9-16-13(19)11-5-4-10(17(20)21)8-12(11)15/h4-5,8,18H,3,6-7,9H2,1-2H3,(H,16,19). The first-order valence-electron chi connectivity index (χ1n) is 6.60. The summed E-state index contributed by atoms with van der Waals surface area (Å²) >= 11 is 5.90. The molecule has 1 amide bonds. The lowest BCUT2D eigenvalue weighted by molar-refractivity contribution is -0.384. The van der Waals surface area contributed by atoms with Gasteiger partial charge in [0.1, 0.15) is 0 Å². The summed E-state index contributed by atoms with van der Waals surface area (Å²) in [4.78, 5) is 22.1. The van der Waals surface area contributed by atoms with Crippen LogP contribution in [0.1, 0.15) is 37.0 Å². The fourth-order valence-electron chi connectivity index (χ4n) is 1.86. The number of nitrogens with one attached hydrogen (secondary N) is 1. The number of carbonyl (C=O) groups is 1. The molecule has 1 rings (SSSR count). The molecule has 0 atom stereocenters. The molecular weight excluding hydrogens is 296 g/mol. The number of nitro groups is 1. The van der Waals surface area contributed by atoms with Gasteiger partial charge in [0.2, 0.25) is 0 Å². The molecule has 0 spiro atoms. The summed E-state index contributed by atoms with van der Waals surface area (Å²) in [6, 6.07) is 3.75. The van der Waals surface area contributed by atoms with Crippen molar-refractivity contribution in [2.24, 2.45) is 5.41 Å². The molecule has 0 aliphatic heterocycles. The van der Waals surface area contributed by atoms with E-state index in [9.17, 15) is 14.9 Å². The number of rotatable bonds is 7. The van der Waals surface area contributed by atoms with Crippen molar-refractivity contribution < 1.29 is 14.8 Å². The lowest BCUT2D eigenvalue weighted by atomic mass is 9.88. The van der Waals surface area contributed by atoms with Crippen molar-refractivity contribution in [2.75, 3.05) is 13.2 Å². The summed E-state index contributed by atoms with van der Waals surface area (Å²) in [5.41, 5.74) is -0.0916. The van der Waals surface area contributed by atoms with E-state index in [0.717, 1.165) is 12.5 Å². The van der Waals surface area contributed by atoms with Crippen LogP contribution in [0.2, 0.25) is 5.02 Å². The molecule has 0 aliphatic carbocycles. The van der Waals surface area contributed by atoms with Gasteiger partial charge in [-0.1, -0.05) is 25.4 Å². The summed E-state index contributed by atoms with van der Waals surface area (Å²) < 4.78 is 0. The SMILES string of the molecule is CC(C)(CCCO)CNC(=O)c1ccc([N+](=O)[O-])cc1Cl. The van der Waals surface area contributed by atoms with Crippen LogP contribution in [0.15, 0.2) is 18.2 Å². The molecule has 2 N–H and O–H groups in total. The van der Waals surface area contributed by atoms with Gasteiger partial charge in [0, 0.05) is 25.3 Å². The van der Waals surface area contributed by atoms with Gasteiger partial charge in [-0.2, -0.15) is 0 Å². The number of amides is 1. The molecule has 0 radical (unpaired) electrons. The van der Waals surface area contributed by atoms with Crippen LogP contribution in [0, 0.1) is 15.5 Å². The first-order chi connectivity index (χ1) is 9.76. The highest BCUT2D eigenvalue weighted by Gasteiger charge is 2.20. The topological polar surface area (TPSA) is 92.5 Å². The molecule has 0 fully saturated rings. The van der Waals surface area contributed by atoms with E-state index in [1.165, 1.54) is 12.1 Å². The van der Waals surface area contributed by atoms with E-state index in [4.69, 9.17) is 16.7 Å². The van der Waals surface area contributed by atoms with Crippen molar-refractivity contribution in [3.63, 3.8) is 0 Å². The largest absolute Gasteiger partial charge is 0.396 e. The second-order valence-electron chi connectivity index (χ2n) is 5.60. The summed E-state index contributed by atoms with van der Waals surface area (Å²) in [6.45, 7) is 4.52. The third-order valence-corrected chi connectivity index (χ3v) is 3.46. The maximum absolute atomic E-state index is 12.1. The number of carbonyl (C=O) groups excluding carboxylic acids is 1. The number of nitro benzene ring substituents is 1. The van der Waals surface area contributed by atoms with Crippen LogP contribution in [-0.2, 0) is 0 Å². The molecule has 0 bridgehead atoms. The minimum absolute atomic E-state index is 0.0508. The summed E-state index contributed by atoms with van der Waals surface area (Å²) in [5, 5.41) is 22.3. The molecule has 0 saturated carbocycles. The normalized spacial score (nSPS) is 11.2. The van der Waals surface area contributed by atoms with Crippen molar-refractivity contribution in [2.45, 2.75) is 26.7 Å². The molecule has 0 saturated heterocycles. The number of nitrogens with zero attached hydrogens (tertiary/aromatic N) is 1. The van der Waals surface area contributed by atoms with Crippen LogP contribution in [0.3, 0.4) is 0 Å². The van der Waals surface area contributed by atoms with E-state index in [2.05, 4.69) is 5.32 Å². The zero-order valence-corrected chi connectivity index (χ0v) is 12.8. The zero-order chi connectivity index (χ0) is 16.0. The van der Waals surface area contributed by atoms with Gasteiger partial charge in [-0.15, -0.1) is 0 Å². The van der Waals surface area contributed by atoms with Crippen LogP contribution in [0.25, 0.3) is 0 Å². The third-order valence-electron chi connectivity index (χ3n) is 3.15. The zero-order valence-electron chi connectivity index (χ0n) is 12.1. The Kier molecular flexibility index (Phi) is 6.11. The molecule has 6 nitrogen and oxygen atoms in total. The molecular formula is C14H19ClN2O4. The third kappa shape index (κ3) is 5.32. The van der Waals surface area contributed by atoms with Crippen molar-refractivity contribution in [3.8, 4) is 0 Å². The van der Waals surface area contributed by atoms with E-state index in [-0.39, 0.29) is 34.2 Å². The first-order valence-corrected chi connectivity index (χ1v) is 6.97. The van der Waals surface area contributed by atoms with Gasteiger partial charge in [-0.05, 0) is 24.3 Å². The molecule has 0 heterocycles. The Morgan fingerprint density at radius 3 is 2.67 bits per heavy atom. The minimum atomic E-state index is -0.564. The highest BCUT2D eigenvalue weighted by molar-refractivity contribution is 6.34. The highest BCUT2D eigenvalue weighted by Crippen LogP contribution is 2.24. The second-order valence-corrected chi connectivity index (χ2v) is 6.00. The maximum atomic E-state index is 12.1. The lowest BCUT2D eigenvalue weighted by Crippen LogP contribution is -2.34. The summed E-state index contributed by atoms with van der Waals surface area (Å²) in [5.74, 6) is -0.369. The van der Waals surface area contributed by atoms with Crippen LogP contribution in [0.4, 0.5) is 5.69 Å². The number of aliphatic hydroxyl groups excluding tert-OH is 1. The number of aliphatic hydroxyl groups is 1. The summed E-state index contributed by atoms with van der Waals surface area (Å²) in [7, 11) is 0. The fraction of sp³-hybridized carbons (Fsp3) is 0.500. The number of hydrogen-bond acceptors (Lipinski definition) is 4. The average Bonchev–Trinajstić information content (AvgIpc) is 2.42. The van der Waals surface area contributed by atoms with Gasteiger partial charge in [0.25, 0.3) is 11.6 Å². The molecule has 1 aromatic rings. The number of non-ortho nitro benzene ring substituents is 1. The first kappa shape index (κ1) is 17.4. The van der Waals surface area contributed by atoms with Crippen LogP contribution in [-0.4, -0.2) is 29.1 Å². The predicted octanol–water partition coefficient (Wildman–Crippen LogP) is 2.78.